The Kier molecular flexibility index (Phi) is 6.28. The maximum atomic E-state index is 13.1. The van der Waals surface area contributed by atoms with Crippen LogP contribution in [0.25, 0.3) is 16.8 Å². The molecule has 1 fully saturated rings. The Bertz CT molecular complexity index is 1180. The molecule has 0 bridgehead atoms. The predicted molar refractivity (Wildman–Crippen MR) is 122 cm³/mol. The van der Waals surface area contributed by atoms with E-state index in [1.54, 1.807) is 23.1 Å². The molecule has 0 unspecified atom stereocenters. The van der Waals surface area contributed by atoms with Gasteiger partial charge in [0.15, 0.2) is 0 Å². The number of amides is 1. The molecule has 0 saturated carbocycles. The molecule has 0 radical (unpaired) electrons. The van der Waals surface area contributed by atoms with Crippen LogP contribution in [0.5, 0.6) is 0 Å². The van der Waals surface area contributed by atoms with Gasteiger partial charge in [0, 0.05) is 44.4 Å². The number of rotatable bonds is 5. The molecule has 1 aliphatic heterocycles. The largest absolute Gasteiger partial charge is 0.334 e. The van der Waals surface area contributed by atoms with Gasteiger partial charge in [-0.3, -0.25) is 19.8 Å². The maximum absolute atomic E-state index is 13.1. The number of nitrogens with zero attached hydrogens (tertiary/aromatic N) is 3. The molecular weight excluding hydrogens is 409 g/mol. The molecule has 1 amide bonds. The SMILES string of the molecule is C[C@@H]1CN(Cc2ccc(F)cc2)CCN1C(=O)/C=C/c1cc2ccccc2cc1[N+](=O)[O-]. The second-order valence-corrected chi connectivity index (χ2v) is 8.09. The van der Waals surface area contributed by atoms with Crippen LogP contribution in [0.1, 0.15) is 18.1 Å². The Morgan fingerprint density at radius 2 is 1.81 bits per heavy atom. The molecule has 3 aromatic rings. The summed E-state index contributed by atoms with van der Waals surface area (Å²) in [6.07, 6.45) is 2.95. The van der Waals surface area contributed by atoms with Gasteiger partial charge in [0.2, 0.25) is 5.91 Å². The number of nitro groups is 1. The van der Waals surface area contributed by atoms with Gasteiger partial charge in [0.25, 0.3) is 5.69 Å². The van der Waals surface area contributed by atoms with E-state index >= 15 is 0 Å². The van der Waals surface area contributed by atoms with Crippen LogP contribution in [0.4, 0.5) is 10.1 Å². The summed E-state index contributed by atoms with van der Waals surface area (Å²) in [6.45, 7) is 4.66. The standard InChI is InChI=1S/C25H24FN3O3/c1-18-16-27(17-19-6-9-23(26)10-7-19)12-13-28(18)25(30)11-8-22-14-20-4-2-3-5-21(20)15-24(22)29(31)32/h2-11,14-15,18H,12-13,16-17H2,1H3/b11-8+/t18-/m1/s1. The normalized spacial score (nSPS) is 17.2. The van der Waals surface area contributed by atoms with Crippen LogP contribution in [0, 0.1) is 15.9 Å². The fourth-order valence-corrected chi connectivity index (χ4v) is 4.15. The van der Waals surface area contributed by atoms with Crippen LogP contribution in [0.2, 0.25) is 0 Å². The number of hydrogen-bond acceptors (Lipinski definition) is 4. The number of piperazine rings is 1. The van der Waals surface area contributed by atoms with Crippen molar-refractivity contribution in [2.45, 2.75) is 19.5 Å². The number of benzene rings is 3. The van der Waals surface area contributed by atoms with Crippen molar-refractivity contribution in [2.75, 3.05) is 19.6 Å². The monoisotopic (exact) mass is 433 g/mol. The quantitative estimate of drug-likeness (QED) is 0.334. The van der Waals surface area contributed by atoms with Gasteiger partial charge in [-0.05, 0) is 47.5 Å². The van der Waals surface area contributed by atoms with Gasteiger partial charge in [0.05, 0.1) is 10.5 Å². The average Bonchev–Trinajstić information content (AvgIpc) is 2.78. The third-order valence-electron chi connectivity index (χ3n) is 5.81. The number of nitro benzene ring substituents is 1. The molecule has 4 rings (SSSR count). The first-order valence-electron chi connectivity index (χ1n) is 10.5. The number of fused-ring (bicyclic) bond motifs is 1. The predicted octanol–water partition coefficient (Wildman–Crippen LogP) is 4.63. The Balaban J connectivity index is 1.44. The van der Waals surface area contributed by atoms with Gasteiger partial charge in [0.1, 0.15) is 5.82 Å². The van der Waals surface area contributed by atoms with Gasteiger partial charge in [-0.15, -0.1) is 0 Å². The summed E-state index contributed by atoms with van der Waals surface area (Å²) < 4.78 is 13.1. The van der Waals surface area contributed by atoms with E-state index in [-0.39, 0.29) is 23.5 Å². The van der Waals surface area contributed by atoms with E-state index in [1.165, 1.54) is 30.4 Å². The second kappa shape index (κ2) is 9.28. The summed E-state index contributed by atoms with van der Waals surface area (Å²) in [5, 5.41) is 13.2. The van der Waals surface area contributed by atoms with E-state index in [1.807, 2.05) is 31.2 Å². The number of carbonyl (C=O) groups is 1. The zero-order valence-electron chi connectivity index (χ0n) is 17.8. The summed E-state index contributed by atoms with van der Waals surface area (Å²) in [5.41, 5.74) is 1.41. The molecule has 1 aliphatic rings. The topological polar surface area (TPSA) is 66.7 Å². The van der Waals surface area contributed by atoms with Crippen LogP contribution in [-0.2, 0) is 11.3 Å². The lowest BCUT2D eigenvalue weighted by Crippen LogP contribution is -2.53. The molecule has 0 aliphatic carbocycles. The van der Waals surface area contributed by atoms with Crippen molar-refractivity contribution in [3.8, 4) is 0 Å². The molecule has 164 valence electrons. The van der Waals surface area contributed by atoms with Gasteiger partial charge >= 0.3 is 0 Å². The lowest BCUT2D eigenvalue weighted by molar-refractivity contribution is -0.384. The van der Waals surface area contributed by atoms with Crippen LogP contribution in [0.15, 0.2) is 66.7 Å². The summed E-state index contributed by atoms with van der Waals surface area (Å²) in [7, 11) is 0. The highest BCUT2D eigenvalue weighted by molar-refractivity contribution is 5.95. The fourth-order valence-electron chi connectivity index (χ4n) is 4.15. The second-order valence-electron chi connectivity index (χ2n) is 8.09. The molecule has 0 spiro atoms. The van der Waals surface area contributed by atoms with E-state index in [0.717, 1.165) is 16.3 Å². The maximum Gasteiger partial charge on any atom is 0.277 e. The van der Waals surface area contributed by atoms with Crippen molar-refractivity contribution in [2.24, 2.45) is 0 Å². The summed E-state index contributed by atoms with van der Waals surface area (Å²) in [6, 6.07) is 17.2. The highest BCUT2D eigenvalue weighted by Crippen LogP contribution is 2.27. The van der Waals surface area contributed by atoms with Crippen LogP contribution >= 0.6 is 0 Å². The number of hydrogen-bond donors (Lipinski definition) is 0. The van der Waals surface area contributed by atoms with Crippen molar-refractivity contribution in [3.63, 3.8) is 0 Å². The first kappa shape index (κ1) is 21.6. The molecule has 6 nitrogen and oxygen atoms in total. The van der Waals surface area contributed by atoms with Gasteiger partial charge in [-0.25, -0.2) is 4.39 Å². The highest BCUT2D eigenvalue weighted by Gasteiger charge is 2.26. The molecule has 32 heavy (non-hydrogen) atoms. The molecule has 3 aromatic carbocycles. The zero-order valence-corrected chi connectivity index (χ0v) is 17.8. The van der Waals surface area contributed by atoms with Crippen molar-refractivity contribution in [1.82, 2.24) is 9.80 Å². The zero-order chi connectivity index (χ0) is 22.7. The number of carbonyl (C=O) groups excluding carboxylic acids is 1. The molecule has 0 N–H and O–H groups in total. The third kappa shape index (κ3) is 4.84. The average molecular weight is 433 g/mol. The third-order valence-corrected chi connectivity index (χ3v) is 5.81. The van der Waals surface area contributed by atoms with Gasteiger partial charge < -0.3 is 4.90 Å². The Morgan fingerprint density at radius 1 is 1.12 bits per heavy atom. The Hall–Kier alpha value is -3.58. The van der Waals surface area contributed by atoms with Crippen molar-refractivity contribution in [1.29, 1.82) is 0 Å². The first-order valence-corrected chi connectivity index (χ1v) is 10.5. The van der Waals surface area contributed by atoms with Crippen LogP contribution in [0.3, 0.4) is 0 Å². The van der Waals surface area contributed by atoms with E-state index in [4.69, 9.17) is 0 Å². The van der Waals surface area contributed by atoms with E-state index in [0.29, 0.717) is 31.7 Å². The van der Waals surface area contributed by atoms with Crippen LogP contribution < -0.4 is 0 Å². The fraction of sp³-hybridized carbons (Fsp3) is 0.240. The summed E-state index contributed by atoms with van der Waals surface area (Å²) >= 11 is 0. The van der Waals surface area contributed by atoms with Crippen LogP contribution in [-0.4, -0.2) is 46.3 Å². The molecule has 7 heteroatoms. The summed E-state index contributed by atoms with van der Waals surface area (Å²) in [4.78, 5) is 28.0. The molecule has 1 atom stereocenters. The smallest absolute Gasteiger partial charge is 0.277 e. The Labute approximate surface area is 185 Å². The van der Waals surface area contributed by atoms with E-state index in [9.17, 15) is 19.3 Å². The lowest BCUT2D eigenvalue weighted by atomic mass is 10.0. The van der Waals surface area contributed by atoms with Gasteiger partial charge in [-0.2, -0.15) is 0 Å². The Morgan fingerprint density at radius 3 is 2.47 bits per heavy atom. The minimum atomic E-state index is -0.423. The molecule has 1 heterocycles. The minimum Gasteiger partial charge on any atom is -0.334 e. The molecular formula is C25H24FN3O3. The highest BCUT2D eigenvalue weighted by atomic mass is 19.1. The van der Waals surface area contributed by atoms with E-state index in [2.05, 4.69) is 4.90 Å². The molecule has 0 aromatic heterocycles. The van der Waals surface area contributed by atoms with Crippen molar-refractivity contribution < 1.29 is 14.1 Å². The first-order chi connectivity index (χ1) is 15.4. The lowest BCUT2D eigenvalue weighted by Gasteiger charge is -2.39. The number of halogens is 1. The van der Waals surface area contributed by atoms with Crippen molar-refractivity contribution >= 4 is 28.4 Å². The minimum absolute atomic E-state index is 0.00654. The van der Waals surface area contributed by atoms with E-state index < -0.39 is 4.92 Å². The molecule has 1 saturated heterocycles. The van der Waals surface area contributed by atoms with Gasteiger partial charge in [-0.1, -0.05) is 36.4 Å². The van der Waals surface area contributed by atoms with Crippen molar-refractivity contribution in [3.05, 3.63) is 93.8 Å². The summed E-state index contributed by atoms with van der Waals surface area (Å²) in [5.74, 6) is -0.419.